The zero-order valence-electron chi connectivity index (χ0n) is 15.4. The maximum absolute atomic E-state index is 14.8. The van der Waals surface area contributed by atoms with Crippen molar-refractivity contribution in [2.45, 2.75) is 42.2 Å². The average molecular weight is 424 g/mol. The van der Waals surface area contributed by atoms with Gasteiger partial charge in [-0.05, 0) is 49.2 Å². The summed E-state index contributed by atoms with van der Waals surface area (Å²) in [5.74, 6) is -1.35. The lowest BCUT2D eigenvalue weighted by atomic mass is 9.73. The molecular formula is C21H20ClF2NO2S. The maximum Gasteiger partial charge on any atom is 0.165 e. The first-order valence-electron chi connectivity index (χ1n) is 9.05. The Balaban J connectivity index is 0.000000706. The lowest BCUT2D eigenvalue weighted by Gasteiger charge is -2.47. The van der Waals surface area contributed by atoms with E-state index in [2.05, 4.69) is 0 Å². The van der Waals surface area contributed by atoms with E-state index >= 15 is 0 Å². The molecule has 4 rings (SSSR count). The molecule has 3 atom stereocenters. The number of ether oxygens (including phenoxy) is 1. The molecule has 0 amide bonds. The van der Waals surface area contributed by atoms with Gasteiger partial charge >= 0.3 is 0 Å². The van der Waals surface area contributed by atoms with Gasteiger partial charge in [0.25, 0.3) is 0 Å². The quantitative estimate of drug-likeness (QED) is 0.619. The molecule has 7 heteroatoms. The molecular weight excluding hydrogens is 404 g/mol. The van der Waals surface area contributed by atoms with Gasteiger partial charge in [0.15, 0.2) is 11.6 Å². The van der Waals surface area contributed by atoms with Crippen molar-refractivity contribution in [3.8, 4) is 11.8 Å². The van der Waals surface area contributed by atoms with Crippen LogP contribution in [0.15, 0.2) is 41.3 Å². The SMILES string of the molecule is CC#N.O=S(c1ccc(Cl)cc1)[C@@]12CCCCC1COc1c(F)ccc(F)c12. The molecule has 148 valence electrons. The van der Waals surface area contributed by atoms with Crippen LogP contribution in [0, 0.1) is 28.9 Å². The molecule has 1 saturated carbocycles. The molecule has 2 aromatic rings. The third-order valence-corrected chi connectivity index (χ3v) is 7.64. The van der Waals surface area contributed by atoms with Gasteiger partial charge in [0.1, 0.15) is 5.82 Å². The molecule has 1 heterocycles. The first-order valence-corrected chi connectivity index (χ1v) is 10.6. The Morgan fingerprint density at radius 3 is 2.50 bits per heavy atom. The standard InChI is InChI=1S/C19H17ClF2O2S.C2H3N/c20-13-4-6-14(7-5-13)25(23)19-10-2-1-3-12(19)11-24-18-16(22)9-8-15(21)17(18)19;1-2-3/h4-9,12H,1-3,10-11H2;1H3/t12?,19-,25?;/m0./s1. The zero-order chi connectivity index (χ0) is 20.3. The van der Waals surface area contributed by atoms with Crippen LogP contribution in [0.2, 0.25) is 5.02 Å². The molecule has 1 aliphatic heterocycles. The molecule has 2 aliphatic rings. The van der Waals surface area contributed by atoms with Crippen LogP contribution in [0.5, 0.6) is 5.75 Å². The smallest absolute Gasteiger partial charge is 0.165 e. The number of halogens is 3. The van der Waals surface area contributed by atoms with Crippen LogP contribution in [0.3, 0.4) is 0 Å². The molecule has 1 fully saturated rings. The van der Waals surface area contributed by atoms with Crippen molar-refractivity contribution in [2.24, 2.45) is 5.92 Å². The number of benzene rings is 2. The van der Waals surface area contributed by atoms with E-state index in [1.807, 2.05) is 0 Å². The summed E-state index contributed by atoms with van der Waals surface area (Å²) in [5, 5.41) is 7.86. The molecule has 0 radical (unpaired) electrons. The summed E-state index contributed by atoms with van der Waals surface area (Å²) < 4.78 is 47.3. The average Bonchev–Trinajstić information content (AvgIpc) is 2.70. The molecule has 2 aromatic carbocycles. The highest BCUT2D eigenvalue weighted by Crippen LogP contribution is 2.54. The molecule has 0 bridgehead atoms. The minimum absolute atomic E-state index is 0.0829. The van der Waals surface area contributed by atoms with Gasteiger partial charge in [-0.3, -0.25) is 4.21 Å². The Morgan fingerprint density at radius 2 is 1.82 bits per heavy atom. The summed E-state index contributed by atoms with van der Waals surface area (Å²) in [5.41, 5.74) is 0.136. The van der Waals surface area contributed by atoms with Crippen LogP contribution in [-0.4, -0.2) is 10.8 Å². The topological polar surface area (TPSA) is 50.1 Å². The molecule has 0 aromatic heterocycles. The highest BCUT2D eigenvalue weighted by molar-refractivity contribution is 7.86. The molecule has 2 unspecified atom stereocenters. The summed E-state index contributed by atoms with van der Waals surface area (Å²) in [6.45, 7) is 1.69. The largest absolute Gasteiger partial charge is 0.490 e. The van der Waals surface area contributed by atoms with Gasteiger partial charge in [-0.1, -0.05) is 24.4 Å². The Hall–Kier alpha value is -1.97. The van der Waals surface area contributed by atoms with E-state index in [0.29, 0.717) is 16.3 Å². The molecule has 0 N–H and O–H groups in total. The normalized spacial score (nSPS) is 23.8. The number of fused-ring (bicyclic) bond motifs is 3. The van der Waals surface area contributed by atoms with Gasteiger partial charge < -0.3 is 4.74 Å². The Morgan fingerprint density at radius 1 is 1.18 bits per heavy atom. The summed E-state index contributed by atoms with van der Waals surface area (Å²) in [4.78, 5) is 0.577. The van der Waals surface area contributed by atoms with Crippen LogP contribution < -0.4 is 4.74 Å². The van der Waals surface area contributed by atoms with Gasteiger partial charge in [0.2, 0.25) is 0 Å². The van der Waals surface area contributed by atoms with E-state index < -0.39 is 27.2 Å². The number of hydrogen-bond acceptors (Lipinski definition) is 3. The highest BCUT2D eigenvalue weighted by Gasteiger charge is 2.54. The second-order valence-electron chi connectivity index (χ2n) is 6.82. The molecule has 0 spiro atoms. The first-order chi connectivity index (χ1) is 13.5. The summed E-state index contributed by atoms with van der Waals surface area (Å²) in [6.07, 6.45) is 3.13. The van der Waals surface area contributed by atoms with Gasteiger partial charge in [-0.2, -0.15) is 5.26 Å². The van der Waals surface area contributed by atoms with Crippen molar-refractivity contribution in [1.82, 2.24) is 0 Å². The fraction of sp³-hybridized carbons (Fsp3) is 0.381. The highest BCUT2D eigenvalue weighted by atomic mass is 35.5. The van der Waals surface area contributed by atoms with E-state index in [-0.39, 0.29) is 23.8 Å². The fourth-order valence-electron chi connectivity index (χ4n) is 4.12. The minimum Gasteiger partial charge on any atom is -0.490 e. The van der Waals surface area contributed by atoms with Crippen molar-refractivity contribution in [1.29, 1.82) is 5.26 Å². The lowest BCUT2D eigenvalue weighted by Crippen LogP contribution is -2.48. The molecule has 28 heavy (non-hydrogen) atoms. The monoisotopic (exact) mass is 423 g/mol. The van der Waals surface area contributed by atoms with Crippen LogP contribution in [0.25, 0.3) is 0 Å². The number of nitriles is 1. The third-order valence-electron chi connectivity index (χ3n) is 5.28. The van der Waals surface area contributed by atoms with Crippen molar-refractivity contribution in [3.05, 3.63) is 58.6 Å². The van der Waals surface area contributed by atoms with Crippen molar-refractivity contribution < 1.29 is 17.7 Å². The van der Waals surface area contributed by atoms with E-state index in [0.717, 1.165) is 31.4 Å². The van der Waals surface area contributed by atoms with Crippen molar-refractivity contribution in [3.63, 3.8) is 0 Å². The Kier molecular flexibility index (Phi) is 6.36. The van der Waals surface area contributed by atoms with E-state index in [9.17, 15) is 13.0 Å². The van der Waals surface area contributed by atoms with Crippen molar-refractivity contribution in [2.75, 3.05) is 6.61 Å². The van der Waals surface area contributed by atoms with Gasteiger partial charge in [0, 0.05) is 22.8 Å². The van der Waals surface area contributed by atoms with Crippen molar-refractivity contribution >= 4 is 22.4 Å². The molecule has 1 aliphatic carbocycles. The lowest BCUT2D eigenvalue weighted by molar-refractivity contribution is 0.127. The third kappa shape index (κ3) is 3.54. The summed E-state index contributed by atoms with van der Waals surface area (Å²) in [7, 11) is -1.54. The van der Waals surface area contributed by atoms with Crippen LogP contribution in [0.1, 0.15) is 38.2 Å². The second kappa shape index (κ2) is 8.59. The summed E-state index contributed by atoms with van der Waals surface area (Å²) >= 11 is 5.94. The number of hydrogen-bond donors (Lipinski definition) is 0. The van der Waals surface area contributed by atoms with Gasteiger partial charge in [-0.25, -0.2) is 8.78 Å². The predicted molar refractivity (Wildman–Crippen MR) is 105 cm³/mol. The summed E-state index contributed by atoms with van der Waals surface area (Å²) in [6, 6.07) is 10.7. The minimum atomic E-state index is -1.54. The van der Waals surface area contributed by atoms with Crippen LogP contribution >= 0.6 is 11.6 Å². The number of rotatable bonds is 2. The number of nitrogens with zero attached hydrogens (tertiary/aromatic N) is 1. The van der Waals surface area contributed by atoms with Crippen LogP contribution in [0.4, 0.5) is 8.78 Å². The Bertz CT molecular complexity index is 929. The molecule has 0 saturated heterocycles. The maximum atomic E-state index is 14.8. The second-order valence-corrected chi connectivity index (χ2v) is 9.00. The van der Waals surface area contributed by atoms with Gasteiger partial charge in [0.05, 0.1) is 33.8 Å². The van der Waals surface area contributed by atoms with E-state index in [4.69, 9.17) is 21.6 Å². The fourth-order valence-corrected chi connectivity index (χ4v) is 6.24. The first kappa shape index (κ1) is 20.8. The Labute approximate surface area is 170 Å². The van der Waals surface area contributed by atoms with Gasteiger partial charge in [-0.15, -0.1) is 0 Å². The van der Waals surface area contributed by atoms with Crippen LogP contribution in [-0.2, 0) is 15.5 Å². The zero-order valence-corrected chi connectivity index (χ0v) is 17.0. The van der Waals surface area contributed by atoms with E-state index in [1.54, 1.807) is 30.3 Å². The molecule has 3 nitrogen and oxygen atoms in total. The van der Waals surface area contributed by atoms with E-state index in [1.165, 1.54) is 6.92 Å². The predicted octanol–water partition coefficient (Wildman–Crippen LogP) is 5.73.